The molecule has 108 valence electrons. The van der Waals surface area contributed by atoms with Crippen molar-refractivity contribution in [3.8, 4) is 0 Å². The maximum Gasteiger partial charge on any atom is 0.222 e. The van der Waals surface area contributed by atoms with Gasteiger partial charge in [0.2, 0.25) is 5.91 Å². The molecular weight excluding hydrogens is 230 g/mol. The van der Waals surface area contributed by atoms with Crippen LogP contribution in [0.3, 0.4) is 0 Å². The van der Waals surface area contributed by atoms with Gasteiger partial charge in [0.05, 0.1) is 19.8 Å². The van der Waals surface area contributed by atoms with Crippen molar-refractivity contribution in [3.05, 3.63) is 0 Å². The zero-order valence-corrected chi connectivity index (χ0v) is 12.5. The number of nitrogens with zero attached hydrogens (tertiary/aromatic N) is 1. The van der Waals surface area contributed by atoms with Crippen molar-refractivity contribution in [3.63, 3.8) is 0 Å². The summed E-state index contributed by atoms with van der Waals surface area (Å²) >= 11 is 0. The fourth-order valence-corrected chi connectivity index (χ4v) is 2.06. The Balaban J connectivity index is 3.86. The summed E-state index contributed by atoms with van der Waals surface area (Å²) in [4.78, 5) is 13.6. The van der Waals surface area contributed by atoms with Gasteiger partial charge in [-0.05, 0) is 17.8 Å². The summed E-state index contributed by atoms with van der Waals surface area (Å²) in [6.45, 7) is 10.1. The zero-order valence-electron chi connectivity index (χ0n) is 12.5. The molecule has 4 heteroatoms. The fraction of sp³-hybridized carbons (Fsp3) is 0.929. The molecule has 1 amide bonds. The lowest BCUT2D eigenvalue weighted by Gasteiger charge is -2.25. The Morgan fingerprint density at radius 2 is 1.94 bits per heavy atom. The van der Waals surface area contributed by atoms with Crippen LogP contribution < -0.4 is 0 Å². The monoisotopic (exact) mass is 259 g/mol. The molecule has 0 saturated heterocycles. The molecule has 0 rings (SSSR count). The summed E-state index contributed by atoms with van der Waals surface area (Å²) in [7, 11) is 1.80. The van der Waals surface area contributed by atoms with Crippen molar-refractivity contribution in [1.82, 2.24) is 4.90 Å². The molecule has 18 heavy (non-hydrogen) atoms. The number of aliphatic hydroxyl groups is 1. The number of carbonyl (C=O) groups is 1. The third-order valence-corrected chi connectivity index (χ3v) is 2.72. The van der Waals surface area contributed by atoms with Crippen LogP contribution in [-0.4, -0.2) is 49.3 Å². The summed E-state index contributed by atoms with van der Waals surface area (Å²) in [5.74, 6) is 0.567. The first-order chi connectivity index (χ1) is 8.26. The Kier molecular flexibility index (Phi) is 8.20. The Labute approximate surface area is 111 Å². The van der Waals surface area contributed by atoms with Crippen molar-refractivity contribution < 1.29 is 14.6 Å². The predicted octanol–water partition coefficient (Wildman–Crippen LogP) is 1.92. The molecule has 0 aromatic heterocycles. The highest BCUT2D eigenvalue weighted by atomic mass is 16.5. The molecule has 1 N–H and O–H groups in total. The molecule has 1 unspecified atom stereocenters. The van der Waals surface area contributed by atoms with E-state index in [1.807, 2.05) is 0 Å². The maximum absolute atomic E-state index is 11.9. The first-order valence-corrected chi connectivity index (χ1v) is 6.69. The maximum atomic E-state index is 11.9. The highest BCUT2D eigenvalue weighted by molar-refractivity contribution is 5.76. The van der Waals surface area contributed by atoms with Crippen molar-refractivity contribution in [2.45, 2.75) is 40.5 Å². The van der Waals surface area contributed by atoms with Crippen LogP contribution in [0.1, 0.15) is 40.5 Å². The van der Waals surface area contributed by atoms with Crippen molar-refractivity contribution >= 4 is 5.91 Å². The second-order valence-electron chi connectivity index (χ2n) is 6.23. The molecule has 0 bridgehead atoms. The molecule has 0 aliphatic carbocycles. The number of ether oxygens (including phenoxy) is 1. The first-order valence-electron chi connectivity index (χ1n) is 6.69. The van der Waals surface area contributed by atoms with Gasteiger partial charge >= 0.3 is 0 Å². The molecule has 0 spiro atoms. The number of amides is 1. The minimum absolute atomic E-state index is 0.0281. The van der Waals surface area contributed by atoms with E-state index in [1.54, 1.807) is 11.9 Å². The van der Waals surface area contributed by atoms with Gasteiger partial charge in [0.25, 0.3) is 0 Å². The summed E-state index contributed by atoms with van der Waals surface area (Å²) in [5, 5.41) is 8.56. The molecule has 0 fully saturated rings. The predicted molar refractivity (Wildman–Crippen MR) is 73.4 cm³/mol. The van der Waals surface area contributed by atoms with E-state index in [0.29, 0.717) is 32.1 Å². The van der Waals surface area contributed by atoms with Gasteiger partial charge in [-0.3, -0.25) is 4.79 Å². The Morgan fingerprint density at radius 3 is 2.44 bits per heavy atom. The van der Waals surface area contributed by atoms with E-state index < -0.39 is 0 Å². The highest BCUT2D eigenvalue weighted by Gasteiger charge is 2.19. The third-order valence-electron chi connectivity index (χ3n) is 2.72. The number of carbonyl (C=O) groups excluding carboxylic acids is 1. The first kappa shape index (κ1) is 17.4. The molecule has 0 heterocycles. The molecule has 1 atom stereocenters. The minimum atomic E-state index is 0.0281. The van der Waals surface area contributed by atoms with E-state index >= 15 is 0 Å². The Hall–Kier alpha value is -0.610. The summed E-state index contributed by atoms with van der Waals surface area (Å²) in [6, 6.07) is 0. The number of rotatable bonds is 8. The number of likely N-dealkylation sites (N-methyl/N-ethyl adjacent to an activating group) is 1. The molecule has 0 aromatic rings. The van der Waals surface area contributed by atoms with Gasteiger partial charge in [0, 0.05) is 20.0 Å². The van der Waals surface area contributed by atoms with Gasteiger partial charge < -0.3 is 14.7 Å². The van der Waals surface area contributed by atoms with Crippen LogP contribution in [0.2, 0.25) is 0 Å². The summed E-state index contributed by atoms with van der Waals surface area (Å²) in [5.41, 5.74) is 0.266. The average molecular weight is 259 g/mol. The van der Waals surface area contributed by atoms with E-state index in [-0.39, 0.29) is 17.9 Å². The van der Waals surface area contributed by atoms with E-state index in [0.717, 1.165) is 6.42 Å². The third kappa shape index (κ3) is 9.42. The molecular formula is C14H29NO3. The quantitative estimate of drug-likeness (QED) is 0.678. The lowest BCUT2D eigenvalue weighted by Crippen LogP contribution is -2.31. The zero-order chi connectivity index (χ0) is 14.2. The van der Waals surface area contributed by atoms with Gasteiger partial charge in [-0.25, -0.2) is 0 Å². The molecule has 0 aliphatic rings. The fourth-order valence-electron chi connectivity index (χ4n) is 2.06. The second kappa shape index (κ2) is 8.48. The van der Waals surface area contributed by atoms with Crippen molar-refractivity contribution in [2.75, 3.05) is 33.4 Å². The van der Waals surface area contributed by atoms with Gasteiger partial charge in [0.15, 0.2) is 0 Å². The summed E-state index contributed by atoms with van der Waals surface area (Å²) < 4.78 is 5.15. The van der Waals surface area contributed by atoms with Crippen LogP contribution in [0.4, 0.5) is 0 Å². The molecule has 0 aromatic carbocycles. The van der Waals surface area contributed by atoms with Crippen LogP contribution in [0.5, 0.6) is 0 Å². The van der Waals surface area contributed by atoms with E-state index in [9.17, 15) is 4.79 Å². The SMILES string of the molecule is CC(CC(=O)N(C)CCOCCO)CC(C)(C)C. The van der Waals surface area contributed by atoms with E-state index in [1.165, 1.54) is 0 Å². The van der Waals surface area contributed by atoms with Crippen LogP contribution in [-0.2, 0) is 9.53 Å². The number of hydrogen-bond acceptors (Lipinski definition) is 3. The van der Waals surface area contributed by atoms with Crippen molar-refractivity contribution in [2.24, 2.45) is 11.3 Å². The second-order valence-corrected chi connectivity index (χ2v) is 6.23. The topological polar surface area (TPSA) is 49.8 Å². The minimum Gasteiger partial charge on any atom is -0.394 e. The Bertz CT molecular complexity index is 236. The largest absolute Gasteiger partial charge is 0.394 e. The lowest BCUT2D eigenvalue weighted by molar-refractivity contribution is -0.131. The smallest absolute Gasteiger partial charge is 0.222 e. The molecule has 0 aliphatic heterocycles. The highest BCUT2D eigenvalue weighted by Crippen LogP contribution is 2.26. The Morgan fingerprint density at radius 1 is 1.33 bits per heavy atom. The van der Waals surface area contributed by atoms with Crippen LogP contribution in [0, 0.1) is 11.3 Å². The average Bonchev–Trinajstić information content (AvgIpc) is 2.21. The van der Waals surface area contributed by atoms with Crippen LogP contribution >= 0.6 is 0 Å². The molecule has 4 nitrogen and oxygen atoms in total. The van der Waals surface area contributed by atoms with E-state index in [2.05, 4.69) is 27.7 Å². The number of hydrogen-bond donors (Lipinski definition) is 1. The standard InChI is InChI=1S/C14H29NO3/c1-12(11-14(2,3)4)10-13(17)15(5)6-8-18-9-7-16/h12,16H,6-11H2,1-5H3. The molecule has 0 saturated carbocycles. The van der Waals surface area contributed by atoms with Crippen LogP contribution in [0.15, 0.2) is 0 Å². The van der Waals surface area contributed by atoms with Gasteiger partial charge in [0.1, 0.15) is 0 Å². The van der Waals surface area contributed by atoms with Crippen molar-refractivity contribution in [1.29, 1.82) is 0 Å². The van der Waals surface area contributed by atoms with Gasteiger partial charge in [-0.15, -0.1) is 0 Å². The molecule has 0 radical (unpaired) electrons. The summed E-state index contributed by atoms with van der Waals surface area (Å²) in [6.07, 6.45) is 1.64. The lowest BCUT2D eigenvalue weighted by atomic mass is 9.84. The van der Waals surface area contributed by atoms with E-state index in [4.69, 9.17) is 9.84 Å². The van der Waals surface area contributed by atoms with Crippen LogP contribution in [0.25, 0.3) is 0 Å². The van der Waals surface area contributed by atoms with Gasteiger partial charge in [-0.1, -0.05) is 27.7 Å². The number of aliphatic hydroxyl groups excluding tert-OH is 1. The normalized spacial score (nSPS) is 13.4. The van der Waals surface area contributed by atoms with Gasteiger partial charge in [-0.2, -0.15) is 0 Å².